The molecule has 0 bridgehead atoms. The van der Waals surface area contributed by atoms with Gasteiger partial charge in [0.1, 0.15) is 17.7 Å². The third kappa shape index (κ3) is 10.3. The summed E-state index contributed by atoms with van der Waals surface area (Å²) < 4.78 is 5.40. The van der Waals surface area contributed by atoms with Gasteiger partial charge in [-0.15, -0.1) is 0 Å². The molecule has 2 unspecified atom stereocenters. The normalized spacial score (nSPS) is 12.7. The van der Waals surface area contributed by atoms with Crippen LogP contribution in [0.15, 0.2) is 60.7 Å². The summed E-state index contributed by atoms with van der Waals surface area (Å²) in [6.45, 7) is 11.3. The van der Waals surface area contributed by atoms with Crippen LogP contribution in [0.3, 0.4) is 0 Å². The first-order chi connectivity index (χ1) is 21.3. The van der Waals surface area contributed by atoms with E-state index in [0.717, 1.165) is 47.6 Å². The van der Waals surface area contributed by atoms with Crippen LogP contribution in [0, 0.1) is 13.8 Å². The number of alkyl carbamates (subject to hydrolysis) is 1. The topological polar surface area (TPSA) is 131 Å². The van der Waals surface area contributed by atoms with Crippen molar-refractivity contribution >= 4 is 40.3 Å². The molecule has 4 N–H and O–H groups in total. The molecule has 0 aromatic heterocycles. The van der Waals surface area contributed by atoms with Crippen molar-refractivity contribution in [2.24, 2.45) is 5.73 Å². The van der Waals surface area contributed by atoms with Crippen molar-refractivity contribution in [1.29, 1.82) is 0 Å². The molecule has 0 saturated heterocycles. The summed E-state index contributed by atoms with van der Waals surface area (Å²) in [6.07, 6.45) is 3.28. The number of unbranched alkanes of at least 4 members (excludes halogenated alkanes) is 4. The SMILES string of the molecule is CCCCCCCN(C(=O)C(CC(N)=O)NC(=O)OC(C)(C)C)C(C(=O)Nc1ccc2ccccc2c1)c1c(C)cccc1C. The summed E-state index contributed by atoms with van der Waals surface area (Å²) >= 11 is 0. The lowest BCUT2D eigenvalue weighted by Crippen LogP contribution is -2.54. The molecule has 9 heteroatoms. The van der Waals surface area contributed by atoms with Gasteiger partial charge in [0, 0.05) is 12.2 Å². The summed E-state index contributed by atoms with van der Waals surface area (Å²) in [7, 11) is 0. The number of aryl methyl sites for hydroxylation is 2. The Morgan fingerprint density at radius 2 is 1.51 bits per heavy atom. The summed E-state index contributed by atoms with van der Waals surface area (Å²) in [6, 6.07) is 16.9. The van der Waals surface area contributed by atoms with Gasteiger partial charge >= 0.3 is 6.09 Å². The molecule has 45 heavy (non-hydrogen) atoms. The van der Waals surface area contributed by atoms with Gasteiger partial charge in [0.05, 0.1) is 6.42 Å². The molecule has 2 atom stereocenters. The summed E-state index contributed by atoms with van der Waals surface area (Å²) in [5.74, 6) is -1.76. The third-order valence-electron chi connectivity index (χ3n) is 7.57. The molecule has 0 heterocycles. The Bertz CT molecular complexity index is 1480. The molecular formula is C36H48N4O5. The molecule has 3 aromatic carbocycles. The van der Waals surface area contributed by atoms with Crippen molar-refractivity contribution in [2.45, 2.75) is 97.8 Å². The second kappa shape index (κ2) is 16.1. The molecule has 0 aliphatic carbocycles. The smallest absolute Gasteiger partial charge is 0.408 e. The van der Waals surface area contributed by atoms with Crippen molar-refractivity contribution in [1.82, 2.24) is 10.2 Å². The van der Waals surface area contributed by atoms with Gasteiger partial charge in [-0.1, -0.05) is 81.1 Å². The van der Waals surface area contributed by atoms with Gasteiger partial charge in [-0.3, -0.25) is 14.4 Å². The van der Waals surface area contributed by atoms with Crippen molar-refractivity contribution in [2.75, 3.05) is 11.9 Å². The molecule has 3 rings (SSSR count). The predicted octanol–water partition coefficient (Wildman–Crippen LogP) is 6.70. The number of amides is 4. The number of nitrogens with zero attached hydrogens (tertiary/aromatic N) is 1. The molecule has 0 radical (unpaired) electrons. The van der Waals surface area contributed by atoms with Gasteiger partial charge in [-0.2, -0.15) is 0 Å². The maximum atomic E-state index is 14.4. The monoisotopic (exact) mass is 616 g/mol. The zero-order chi connectivity index (χ0) is 33.1. The lowest BCUT2D eigenvalue weighted by atomic mass is 9.93. The van der Waals surface area contributed by atoms with Crippen molar-refractivity contribution in [3.8, 4) is 0 Å². The molecule has 0 saturated carbocycles. The molecule has 0 spiro atoms. The highest BCUT2D eigenvalue weighted by molar-refractivity contribution is 6.01. The van der Waals surface area contributed by atoms with Crippen molar-refractivity contribution in [3.63, 3.8) is 0 Å². The summed E-state index contributed by atoms with van der Waals surface area (Å²) in [5.41, 5.74) is 7.67. The Morgan fingerprint density at radius 3 is 2.13 bits per heavy atom. The Balaban J connectivity index is 2.08. The molecule has 4 amide bonds. The van der Waals surface area contributed by atoms with E-state index in [-0.39, 0.29) is 6.54 Å². The number of primary amides is 1. The number of hydrogen-bond acceptors (Lipinski definition) is 5. The van der Waals surface area contributed by atoms with Crippen LogP contribution in [0.25, 0.3) is 10.8 Å². The number of carbonyl (C=O) groups is 4. The fraction of sp³-hybridized carbons (Fsp3) is 0.444. The van der Waals surface area contributed by atoms with Crippen LogP contribution in [-0.4, -0.2) is 46.9 Å². The number of nitrogens with two attached hydrogens (primary N) is 1. The molecule has 0 aliphatic rings. The Kier molecular flexibility index (Phi) is 12.5. The highest BCUT2D eigenvalue weighted by Gasteiger charge is 2.38. The molecule has 3 aromatic rings. The number of fused-ring (bicyclic) bond motifs is 1. The van der Waals surface area contributed by atoms with Gasteiger partial charge in [0.15, 0.2) is 0 Å². The highest BCUT2D eigenvalue weighted by Crippen LogP contribution is 2.31. The van der Waals surface area contributed by atoms with E-state index in [0.29, 0.717) is 17.7 Å². The average molecular weight is 617 g/mol. The van der Waals surface area contributed by atoms with E-state index in [9.17, 15) is 19.2 Å². The zero-order valence-corrected chi connectivity index (χ0v) is 27.4. The first-order valence-corrected chi connectivity index (χ1v) is 15.7. The van der Waals surface area contributed by atoms with Gasteiger partial charge < -0.3 is 26.0 Å². The molecule has 0 aliphatic heterocycles. The van der Waals surface area contributed by atoms with Crippen LogP contribution in [0.1, 0.15) is 89.0 Å². The Hall–Kier alpha value is -4.40. The number of benzene rings is 3. The number of carbonyl (C=O) groups excluding carboxylic acids is 4. The fourth-order valence-corrected chi connectivity index (χ4v) is 5.47. The number of hydrogen-bond donors (Lipinski definition) is 3. The van der Waals surface area contributed by atoms with Crippen molar-refractivity contribution in [3.05, 3.63) is 77.4 Å². The maximum absolute atomic E-state index is 14.4. The highest BCUT2D eigenvalue weighted by atomic mass is 16.6. The second-order valence-corrected chi connectivity index (χ2v) is 12.6. The number of nitrogens with one attached hydrogen (secondary N) is 2. The first-order valence-electron chi connectivity index (χ1n) is 15.7. The Morgan fingerprint density at radius 1 is 0.867 bits per heavy atom. The summed E-state index contributed by atoms with van der Waals surface area (Å²) in [4.78, 5) is 55.3. The van der Waals surface area contributed by atoms with Gasteiger partial charge in [0.25, 0.3) is 5.91 Å². The molecular weight excluding hydrogens is 568 g/mol. The van der Waals surface area contributed by atoms with E-state index in [4.69, 9.17) is 10.5 Å². The Labute approximate surface area is 266 Å². The van der Waals surface area contributed by atoms with Crippen LogP contribution in [0.2, 0.25) is 0 Å². The van der Waals surface area contributed by atoms with Gasteiger partial charge in [-0.25, -0.2) is 4.79 Å². The van der Waals surface area contributed by atoms with E-state index in [1.165, 1.54) is 4.90 Å². The minimum atomic E-state index is -1.33. The average Bonchev–Trinajstić information content (AvgIpc) is 2.95. The van der Waals surface area contributed by atoms with Crippen LogP contribution in [0.4, 0.5) is 10.5 Å². The minimum Gasteiger partial charge on any atom is -0.444 e. The maximum Gasteiger partial charge on any atom is 0.408 e. The van der Waals surface area contributed by atoms with Crippen LogP contribution >= 0.6 is 0 Å². The van der Waals surface area contributed by atoms with E-state index >= 15 is 0 Å². The predicted molar refractivity (Wildman–Crippen MR) is 179 cm³/mol. The largest absolute Gasteiger partial charge is 0.444 e. The molecule has 9 nitrogen and oxygen atoms in total. The fourth-order valence-electron chi connectivity index (χ4n) is 5.47. The second-order valence-electron chi connectivity index (χ2n) is 12.6. The minimum absolute atomic E-state index is 0.234. The van der Waals surface area contributed by atoms with Gasteiger partial charge in [0.2, 0.25) is 11.8 Å². The first kappa shape index (κ1) is 35.1. The molecule has 242 valence electrons. The van der Waals surface area contributed by atoms with Gasteiger partial charge in [-0.05, 0) is 80.6 Å². The van der Waals surface area contributed by atoms with E-state index in [1.54, 1.807) is 20.8 Å². The quantitative estimate of drug-likeness (QED) is 0.173. The number of ether oxygens (including phenoxy) is 1. The van der Waals surface area contributed by atoms with E-state index < -0.39 is 47.9 Å². The van der Waals surface area contributed by atoms with Crippen LogP contribution in [0.5, 0.6) is 0 Å². The number of rotatable bonds is 14. The lowest BCUT2D eigenvalue weighted by molar-refractivity contribution is -0.142. The standard InChI is InChI=1S/C36H48N4O5/c1-7-8-9-10-13-21-40(34(43)29(23-30(37)41)39-35(44)45-36(4,5)6)32(31-24(2)15-14-16-25(31)3)33(42)38-28-20-19-26-17-11-12-18-27(26)22-28/h11-12,14-20,22,29,32H,7-10,13,21,23H2,1-6H3,(H2,37,41)(H,38,42)(H,39,44). The number of anilines is 1. The lowest BCUT2D eigenvalue weighted by Gasteiger charge is -2.35. The van der Waals surface area contributed by atoms with E-state index in [2.05, 4.69) is 17.6 Å². The molecule has 0 fully saturated rings. The van der Waals surface area contributed by atoms with Crippen LogP contribution < -0.4 is 16.4 Å². The van der Waals surface area contributed by atoms with Crippen LogP contribution in [-0.2, 0) is 19.1 Å². The third-order valence-corrected chi connectivity index (χ3v) is 7.57. The van der Waals surface area contributed by atoms with E-state index in [1.807, 2.05) is 74.5 Å². The van der Waals surface area contributed by atoms with Crippen molar-refractivity contribution < 1.29 is 23.9 Å². The zero-order valence-electron chi connectivity index (χ0n) is 27.4. The summed E-state index contributed by atoms with van der Waals surface area (Å²) in [5, 5.41) is 7.60.